The summed E-state index contributed by atoms with van der Waals surface area (Å²) in [6, 6.07) is 9.60. The van der Waals surface area contributed by atoms with Gasteiger partial charge in [-0.25, -0.2) is 9.97 Å². The van der Waals surface area contributed by atoms with Crippen LogP contribution in [0.2, 0.25) is 0 Å². The van der Waals surface area contributed by atoms with Gasteiger partial charge < -0.3 is 20.8 Å². The number of aromatic amines is 1. The first-order valence-corrected chi connectivity index (χ1v) is 14.5. The average Bonchev–Trinajstić information content (AvgIpc) is 3.61. The monoisotopic (exact) mass is 626 g/mol. The van der Waals surface area contributed by atoms with Gasteiger partial charge in [-0.05, 0) is 76.8 Å². The Morgan fingerprint density at radius 3 is 2.56 bits per heavy atom. The molecule has 2 aliphatic carbocycles. The molecule has 0 amide bonds. The van der Waals surface area contributed by atoms with Gasteiger partial charge in [-0.15, -0.1) is 37.2 Å². The smallest absolute Gasteiger partial charge is 0.225 e. The Labute approximate surface area is 261 Å². The Bertz CT molecular complexity index is 1220. The predicted octanol–water partition coefficient (Wildman–Crippen LogP) is 5.55. The number of anilines is 1. The van der Waals surface area contributed by atoms with Crippen LogP contribution in [0.1, 0.15) is 81.4 Å². The number of H-pyrrole nitrogens is 1. The quantitative estimate of drug-likeness (QED) is 0.257. The molecule has 12 heteroatoms. The van der Waals surface area contributed by atoms with Gasteiger partial charge in [0.2, 0.25) is 5.95 Å². The number of para-hydroxylation sites is 1. The standard InChI is InChI=1S/C29H42N8O.3ClH/c1-38-24-7-3-2-6-20(24)17-37-15-5-4-8-25(37)33-23-12-9-19(16-23)26-27-28(32-18-31-27)36-29(35-26)34-22-13-10-21(30)11-14-22;;;/h2-3,6-7,18-19,21-23,25,33H,4-5,8-17,30H2,1H3,(H2,31,32,34,35,36);3*1H/t19?,21-,22-,23?,25?;;;. The second kappa shape index (κ2) is 15.5. The number of nitrogens with two attached hydrogens (primary N) is 1. The number of hydrogen-bond donors (Lipinski definition) is 4. The highest BCUT2D eigenvalue weighted by molar-refractivity contribution is 5.86. The molecule has 3 heterocycles. The van der Waals surface area contributed by atoms with E-state index in [0.717, 1.165) is 80.6 Å². The molecule has 5 N–H and O–H groups in total. The minimum absolute atomic E-state index is 0. The van der Waals surface area contributed by atoms with Crippen molar-refractivity contribution in [1.82, 2.24) is 30.2 Å². The Morgan fingerprint density at radius 2 is 1.76 bits per heavy atom. The number of hydrogen-bond acceptors (Lipinski definition) is 8. The molecule has 9 nitrogen and oxygen atoms in total. The molecule has 2 aromatic heterocycles. The lowest BCUT2D eigenvalue weighted by Gasteiger charge is -2.38. The van der Waals surface area contributed by atoms with Crippen molar-refractivity contribution in [2.75, 3.05) is 19.0 Å². The van der Waals surface area contributed by atoms with Gasteiger partial charge in [0.25, 0.3) is 0 Å². The summed E-state index contributed by atoms with van der Waals surface area (Å²) in [6.07, 6.45) is 13.5. The van der Waals surface area contributed by atoms with Crippen LogP contribution in [0.15, 0.2) is 30.6 Å². The van der Waals surface area contributed by atoms with Crippen LogP contribution in [0, 0.1) is 0 Å². The largest absolute Gasteiger partial charge is 0.496 e. The molecular weight excluding hydrogens is 583 g/mol. The van der Waals surface area contributed by atoms with Gasteiger partial charge in [-0.1, -0.05) is 18.2 Å². The molecule has 228 valence electrons. The van der Waals surface area contributed by atoms with E-state index in [1.807, 2.05) is 6.07 Å². The van der Waals surface area contributed by atoms with E-state index in [1.165, 1.54) is 24.8 Å². The molecule has 3 atom stereocenters. The molecule has 6 rings (SSSR count). The Kier molecular flexibility index (Phi) is 12.8. The third kappa shape index (κ3) is 7.94. The maximum Gasteiger partial charge on any atom is 0.225 e. The van der Waals surface area contributed by atoms with Crippen molar-refractivity contribution in [3.05, 3.63) is 41.9 Å². The molecule has 1 saturated heterocycles. The number of nitrogens with zero attached hydrogens (tertiary/aromatic N) is 4. The summed E-state index contributed by atoms with van der Waals surface area (Å²) in [5, 5.41) is 7.64. The molecule has 0 spiro atoms. The molecule has 3 unspecified atom stereocenters. The summed E-state index contributed by atoms with van der Waals surface area (Å²) in [5.41, 5.74) is 10.2. The second-order valence-corrected chi connectivity index (χ2v) is 11.5. The molecule has 3 fully saturated rings. The molecule has 41 heavy (non-hydrogen) atoms. The average molecular weight is 628 g/mol. The van der Waals surface area contributed by atoms with Crippen molar-refractivity contribution in [2.24, 2.45) is 5.73 Å². The van der Waals surface area contributed by atoms with Crippen molar-refractivity contribution < 1.29 is 4.74 Å². The summed E-state index contributed by atoms with van der Waals surface area (Å²) >= 11 is 0. The van der Waals surface area contributed by atoms with Crippen LogP contribution in [-0.4, -0.2) is 62.8 Å². The molecule has 1 aromatic carbocycles. The minimum Gasteiger partial charge on any atom is -0.496 e. The number of halogens is 3. The van der Waals surface area contributed by atoms with E-state index in [2.05, 4.69) is 43.7 Å². The lowest BCUT2D eigenvalue weighted by molar-refractivity contribution is 0.101. The lowest BCUT2D eigenvalue weighted by atomic mass is 9.92. The van der Waals surface area contributed by atoms with Gasteiger partial charge in [0.05, 0.1) is 25.3 Å². The fourth-order valence-corrected chi connectivity index (χ4v) is 6.74. The van der Waals surface area contributed by atoms with Gasteiger partial charge in [-0.2, -0.15) is 4.98 Å². The van der Waals surface area contributed by atoms with Crippen LogP contribution in [-0.2, 0) is 6.54 Å². The number of nitrogens with one attached hydrogen (secondary N) is 3. The zero-order valence-electron chi connectivity index (χ0n) is 23.8. The van der Waals surface area contributed by atoms with E-state index in [9.17, 15) is 0 Å². The second-order valence-electron chi connectivity index (χ2n) is 11.5. The van der Waals surface area contributed by atoms with Gasteiger partial charge >= 0.3 is 0 Å². The predicted molar refractivity (Wildman–Crippen MR) is 172 cm³/mol. The van der Waals surface area contributed by atoms with Crippen molar-refractivity contribution in [1.29, 1.82) is 0 Å². The summed E-state index contributed by atoms with van der Waals surface area (Å²) in [5.74, 6) is 2.09. The van der Waals surface area contributed by atoms with E-state index >= 15 is 0 Å². The summed E-state index contributed by atoms with van der Waals surface area (Å²) in [4.78, 5) is 20.2. The highest BCUT2D eigenvalue weighted by Gasteiger charge is 2.33. The van der Waals surface area contributed by atoms with Crippen LogP contribution >= 0.6 is 37.2 Å². The fourth-order valence-electron chi connectivity index (χ4n) is 6.74. The minimum atomic E-state index is 0. The van der Waals surface area contributed by atoms with Gasteiger partial charge in [-0.3, -0.25) is 10.2 Å². The van der Waals surface area contributed by atoms with Gasteiger partial charge in [0.15, 0.2) is 5.65 Å². The molecule has 0 bridgehead atoms. The summed E-state index contributed by atoms with van der Waals surface area (Å²) in [6.45, 7) is 2.03. The topological polar surface area (TPSA) is 117 Å². The summed E-state index contributed by atoms with van der Waals surface area (Å²) in [7, 11) is 1.76. The fraction of sp³-hybridized carbons (Fsp3) is 0.621. The number of benzene rings is 1. The van der Waals surface area contributed by atoms with Gasteiger partial charge in [0.1, 0.15) is 11.3 Å². The van der Waals surface area contributed by atoms with E-state index in [0.29, 0.717) is 36.2 Å². The third-order valence-corrected chi connectivity index (χ3v) is 8.85. The number of aromatic nitrogens is 4. The van der Waals surface area contributed by atoms with Crippen LogP contribution < -0.4 is 21.1 Å². The SMILES string of the molecule is COc1ccccc1CN1CCCCC1NC1CCC(c2nc(N[C@H]3CC[C@H](N)CC3)nc3nc[nH]c23)C1.Cl.Cl.Cl. The van der Waals surface area contributed by atoms with Crippen molar-refractivity contribution in [3.63, 3.8) is 0 Å². The van der Waals surface area contributed by atoms with E-state index < -0.39 is 0 Å². The Morgan fingerprint density at radius 1 is 0.976 bits per heavy atom. The maximum absolute atomic E-state index is 6.11. The molecule has 3 aliphatic rings. The number of rotatable bonds is 8. The number of fused-ring (bicyclic) bond motifs is 1. The number of piperidine rings is 1. The lowest BCUT2D eigenvalue weighted by Crippen LogP contribution is -2.51. The number of likely N-dealkylation sites (tertiary alicyclic amines) is 1. The first-order chi connectivity index (χ1) is 18.7. The zero-order valence-corrected chi connectivity index (χ0v) is 26.2. The Hall–Kier alpha value is -1.88. The van der Waals surface area contributed by atoms with E-state index in [4.69, 9.17) is 20.4 Å². The van der Waals surface area contributed by atoms with E-state index in [-0.39, 0.29) is 37.2 Å². The molecule has 2 saturated carbocycles. The molecule has 0 radical (unpaired) electrons. The third-order valence-electron chi connectivity index (χ3n) is 8.85. The Balaban J connectivity index is 0.00000154. The maximum atomic E-state index is 6.11. The summed E-state index contributed by atoms with van der Waals surface area (Å²) < 4.78 is 5.63. The van der Waals surface area contributed by atoms with E-state index in [1.54, 1.807) is 13.4 Å². The van der Waals surface area contributed by atoms with Crippen LogP contribution in [0.4, 0.5) is 5.95 Å². The number of imidazole rings is 1. The molecular formula is C29H45Cl3N8O. The first kappa shape index (κ1) is 33.6. The van der Waals surface area contributed by atoms with Crippen molar-refractivity contribution in [2.45, 2.75) is 101 Å². The van der Waals surface area contributed by atoms with Crippen molar-refractivity contribution in [3.8, 4) is 5.75 Å². The van der Waals surface area contributed by atoms with Crippen LogP contribution in [0.25, 0.3) is 11.2 Å². The highest BCUT2D eigenvalue weighted by Crippen LogP contribution is 2.37. The first-order valence-electron chi connectivity index (χ1n) is 14.5. The van der Waals surface area contributed by atoms with Crippen molar-refractivity contribution >= 4 is 54.3 Å². The van der Waals surface area contributed by atoms with Gasteiger partial charge in [0, 0.05) is 36.2 Å². The number of ether oxygens (including phenoxy) is 1. The van der Waals surface area contributed by atoms with Crippen LogP contribution in [0.5, 0.6) is 5.75 Å². The highest BCUT2D eigenvalue weighted by atomic mass is 35.5. The molecule has 1 aliphatic heterocycles. The normalized spacial score (nSPS) is 26.4. The zero-order chi connectivity index (χ0) is 25.9. The molecule has 3 aromatic rings. The number of methoxy groups -OCH3 is 1. The van der Waals surface area contributed by atoms with Crippen LogP contribution in [0.3, 0.4) is 0 Å².